The molecule has 0 aliphatic carbocycles. The number of nitrogen functional groups attached to an aromatic ring is 1. The Kier molecular flexibility index (Phi) is 3.31. The summed E-state index contributed by atoms with van der Waals surface area (Å²) in [5, 5.41) is 7.72. The van der Waals surface area contributed by atoms with Crippen LogP contribution in [-0.2, 0) is 13.5 Å². The van der Waals surface area contributed by atoms with Gasteiger partial charge in [0.15, 0.2) is 0 Å². The Morgan fingerprint density at radius 2 is 2.24 bits per heavy atom. The first-order chi connectivity index (χ1) is 10.1. The summed E-state index contributed by atoms with van der Waals surface area (Å²) in [5.74, 6) is 0.458. The quantitative estimate of drug-likeness (QED) is 0.618. The van der Waals surface area contributed by atoms with Crippen molar-refractivity contribution in [3.63, 3.8) is 0 Å². The Bertz CT molecular complexity index is 835. The minimum Gasteiger partial charge on any atom is -0.399 e. The van der Waals surface area contributed by atoms with E-state index in [1.54, 1.807) is 24.4 Å². The van der Waals surface area contributed by atoms with Crippen LogP contribution in [0.3, 0.4) is 0 Å². The molecular formula is C14H16N6O. The number of benzene rings is 1. The lowest BCUT2D eigenvalue weighted by molar-refractivity contribution is 0.710. The second-order valence-corrected chi connectivity index (χ2v) is 4.81. The summed E-state index contributed by atoms with van der Waals surface area (Å²) in [4.78, 5) is 19.1. The minimum atomic E-state index is -0.199. The predicted molar refractivity (Wildman–Crippen MR) is 82.2 cm³/mol. The van der Waals surface area contributed by atoms with Crippen LogP contribution in [0.4, 0.5) is 11.6 Å². The van der Waals surface area contributed by atoms with Crippen molar-refractivity contribution in [2.75, 3.05) is 17.6 Å². The van der Waals surface area contributed by atoms with E-state index in [-0.39, 0.29) is 5.56 Å². The minimum absolute atomic E-state index is 0.199. The van der Waals surface area contributed by atoms with Gasteiger partial charge in [-0.05, 0) is 24.3 Å². The average molecular weight is 284 g/mol. The lowest BCUT2D eigenvalue weighted by Gasteiger charge is -2.07. The molecule has 0 spiro atoms. The van der Waals surface area contributed by atoms with Gasteiger partial charge in [0.05, 0.1) is 10.9 Å². The highest BCUT2D eigenvalue weighted by Gasteiger charge is 2.04. The monoisotopic (exact) mass is 284 g/mol. The molecule has 1 aromatic carbocycles. The highest BCUT2D eigenvalue weighted by molar-refractivity contribution is 5.81. The molecule has 0 amide bonds. The second kappa shape index (κ2) is 5.28. The highest BCUT2D eigenvalue weighted by Crippen LogP contribution is 2.12. The zero-order valence-electron chi connectivity index (χ0n) is 11.6. The number of hydrogen-bond donors (Lipinski definition) is 3. The summed E-state index contributed by atoms with van der Waals surface area (Å²) in [7, 11) is 1.90. The first kappa shape index (κ1) is 13.2. The van der Waals surface area contributed by atoms with Gasteiger partial charge in [0.25, 0.3) is 5.56 Å². The molecule has 0 radical (unpaired) electrons. The summed E-state index contributed by atoms with van der Waals surface area (Å²) in [6.45, 7) is 0.656. The van der Waals surface area contributed by atoms with Gasteiger partial charge in [-0.2, -0.15) is 5.10 Å². The zero-order valence-corrected chi connectivity index (χ0v) is 11.6. The van der Waals surface area contributed by atoms with E-state index >= 15 is 0 Å². The fourth-order valence-electron chi connectivity index (χ4n) is 2.20. The van der Waals surface area contributed by atoms with Gasteiger partial charge >= 0.3 is 0 Å². The van der Waals surface area contributed by atoms with Crippen LogP contribution in [0.25, 0.3) is 10.9 Å². The number of aryl methyl sites for hydroxylation is 1. The molecule has 0 bridgehead atoms. The molecule has 0 fully saturated rings. The number of nitrogens with one attached hydrogen (secondary N) is 2. The average Bonchev–Trinajstić information content (AvgIpc) is 2.85. The Morgan fingerprint density at radius 1 is 1.38 bits per heavy atom. The molecule has 0 unspecified atom stereocenters. The van der Waals surface area contributed by atoms with Gasteiger partial charge in [0, 0.05) is 37.6 Å². The third-order valence-electron chi connectivity index (χ3n) is 3.33. The number of aromatic nitrogens is 4. The fourth-order valence-corrected chi connectivity index (χ4v) is 2.20. The van der Waals surface area contributed by atoms with E-state index in [2.05, 4.69) is 20.4 Å². The SMILES string of the molecule is Cn1nccc1CCNc1nc2ccc(N)cc2c(=O)[nH]1. The first-order valence-electron chi connectivity index (χ1n) is 6.64. The molecule has 0 saturated carbocycles. The van der Waals surface area contributed by atoms with Crippen LogP contribution in [0.2, 0.25) is 0 Å². The molecule has 0 saturated heterocycles. The van der Waals surface area contributed by atoms with Gasteiger partial charge in [-0.3, -0.25) is 14.5 Å². The molecule has 7 heteroatoms. The van der Waals surface area contributed by atoms with E-state index in [0.717, 1.165) is 12.1 Å². The molecule has 2 heterocycles. The number of aromatic amines is 1. The Morgan fingerprint density at radius 3 is 3.00 bits per heavy atom. The maximum atomic E-state index is 12.0. The standard InChI is InChI=1S/C14H16N6O/c1-20-10(5-7-17-20)4-6-16-14-18-12-3-2-9(15)8-11(12)13(21)19-14/h2-3,5,7-8H,4,6,15H2,1H3,(H2,16,18,19,21). The maximum absolute atomic E-state index is 12.0. The molecule has 0 atom stereocenters. The number of nitrogens with zero attached hydrogens (tertiary/aromatic N) is 3. The molecule has 4 N–H and O–H groups in total. The van der Waals surface area contributed by atoms with E-state index in [0.29, 0.717) is 29.1 Å². The smallest absolute Gasteiger partial charge is 0.260 e. The first-order valence-corrected chi connectivity index (χ1v) is 6.64. The van der Waals surface area contributed by atoms with Crippen LogP contribution < -0.4 is 16.6 Å². The Hall–Kier alpha value is -2.83. The van der Waals surface area contributed by atoms with Gasteiger partial charge in [-0.1, -0.05) is 0 Å². The van der Waals surface area contributed by atoms with Crippen molar-refractivity contribution >= 4 is 22.5 Å². The van der Waals surface area contributed by atoms with E-state index in [4.69, 9.17) is 5.73 Å². The van der Waals surface area contributed by atoms with Gasteiger partial charge < -0.3 is 11.1 Å². The van der Waals surface area contributed by atoms with Crippen molar-refractivity contribution in [2.24, 2.45) is 7.05 Å². The molecule has 108 valence electrons. The largest absolute Gasteiger partial charge is 0.399 e. The van der Waals surface area contributed by atoms with Crippen LogP contribution in [0.5, 0.6) is 0 Å². The van der Waals surface area contributed by atoms with Gasteiger partial charge in [-0.15, -0.1) is 0 Å². The molecule has 7 nitrogen and oxygen atoms in total. The molecule has 0 aliphatic rings. The van der Waals surface area contributed by atoms with Gasteiger partial charge in [0.2, 0.25) is 5.95 Å². The third kappa shape index (κ3) is 2.71. The summed E-state index contributed by atoms with van der Waals surface area (Å²) in [5.41, 5.74) is 7.75. The van der Waals surface area contributed by atoms with Crippen LogP contribution in [0.1, 0.15) is 5.69 Å². The van der Waals surface area contributed by atoms with Crippen molar-refractivity contribution in [2.45, 2.75) is 6.42 Å². The Balaban J connectivity index is 1.77. The lowest BCUT2D eigenvalue weighted by Crippen LogP contribution is -2.15. The number of nitrogens with two attached hydrogens (primary N) is 1. The Labute approximate surface area is 120 Å². The maximum Gasteiger partial charge on any atom is 0.260 e. The molecule has 0 aliphatic heterocycles. The highest BCUT2D eigenvalue weighted by atomic mass is 16.1. The van der Waals surface area contributed by atoms with Crippen LogP contribution in [-0.4, -0.2) is 26.3 Å². The number of fused-ring (bicyclic) bond motifs is 1. The van der Waals surface area contributed by atoms with Crippen LogP contribution in [0.15, 0.2) is 35.3 Å². The number of hydrogen-bond acceptors (Lipinski definition) is 5. The number of H-pyrrole nitrogens is 1. The summed E-state index contributed by atoms with van der Waals surface area (Å²) in [6, 6.07) is 7.06. The summed E-state index contributed by atoms with van der Waals surface area (Å²) >= 11 is 0. The van der Waals surface area contributed by atoms with E-state index in [1.165, 1.54) is 0 Å². The normalized spacial score (nSPS) is 10.9. The second-order valence-electron chi connectivity index (χ2n) is 4.81. The van der Waals surface area contributed by atoms with E-state index < -0.39 is 0 Å². The molecular weight excluding hydrogens is 268 g/mol. The van der Waals surface area contributed by atoms with Crippen LogP contribution in [0, 0.1) is 0 Å². The van der Waals surface area contributed by atoms with E-state index in [9.17, 15) is 4.79 Å². The van der Waals surface area contributed by atoms with Crippen molar-refractivity contribution in [1.82, 2.24) is 19.7 Å². The molecule has 2 aromatic heterocycles. The molecule has 21 heavy (non-hydrogen) atoms. The molecule has 3 aromatic rings. The topological polar surface area (TPSA) is 102 Å². The predicted octanol–water partition coefficient (Wildman–Crippen LogP) is 0.893. The molecule has 3 rings (SSSR count). The fraction of sp³-hybridized carbons (Fsp3) is 0.214. The summed E-state index contributed by atoms with van der Waals surface area (Å²) < 4.78 is 1.82. The van der Waals surface area contributed by atoms with E-state index in [1.807, 2.05) is 17.8 Å². The summed E-state index contributed by atoms with van der Waals surface area (Å²) in [6.07, 6.45) is 2.55. The van der Waals surface area contributed by atoms with Crippen molar-refractivity contribution in [3.8, 4) is 0 Å². The van der Waals surface area contributed by atoms with Gasteiger partial charge in [-0.25, -0.2) is 4.98 Å². The third-order valence-corrected chi connectivity index (χ3v) is 3.33. The van der Waals surface area contributed by atoms with Crippen LogP contribution >= 0.6 is 0 Å². The van der Waals surface area contributed by atoms with Gasteiger partial charge in [0.1, 0.15) is 0 Å². The number of anilines is 2. The lowest BCUT2D eigenvalue weighted by atomic mass is 10.2. The number of rotatable bonds is 4. The zero-order chi connectivity index (χ0) is 14.8. The van der Waals surface area contributed by atoms with Crippen molar-refractivity contribution < 1.29 is 0 Å². The van der Waals surface area contributed by atoms with Crippen molar-refractivity contribution in [3.05, 3.63) is 46.5 Å². The van der Waals surface area contributed by atoms with Crippen molar-refractivity contribution in [1.29, 1.82) is 0 Å².